The Morgan fingerprint density at radius 2 is 1.82 bits per heavy atom. The first-order valence-corrected chi connectivity index (χ1v) is 19.4. The van der Waals surface area contributed by atoms with Gasteiger partial charge in [0.1, 0.15) is 12.1 Å². The van der Waals surface area contributed by atoms with Crippen molar-refractivity contribution in [2.75, 3.05) is 47.9 Å². The number of aliphatic hydroxyl groups is 2. The molecule has 1 saturated heterocycles. The summed E-state index contributed by atoms with van der Waals surface area (Å²) >= 11 is 0. The van der Waals surface area contributed by atoms with Crippen LogP contribution in [-0.2, 0) is 19.2 Å². The molecule has 0 aromatic rings. The Balaban J connectivity index is 1.32. The second-order valence-electron chi connectivity index (χ2n) is 17.6. The predicted octanol–water partition coefficient (Wildman–Crippen LogP) is 2.65. The summed E-state index contributed by atoms with van der Waals surface area (Å²) in [5.41, 5.74) is 0.319. The number of hydrogen-bond acceptors (Lipinski definition) is 9. The molecule has 1 aliphatic heterocycles. The molecule has 6 fully saturated rings. The van der Waals surface area contributed by atoms with Gasteiger partial charge in [-0.15, -0.1) is 0 Å². The van der Waals surface area contributed by atoms with Crippen LogP contribution in [0.2, 0.25) is 0 Å². The van der Waals surface area contributed by atoms with Gasteiger partial charge in [0.25, 0.3) is 0 Å². The van der Waals surface area contributed by atoms with Gasteiger partial charge in [-0.3, -0.25) is 14.4 Å². The van der Waals surface area contributed by atoms with Gasteiger partial charge in [0.05, 0.1) is 18.8 Å². The number of nitrogens with zero attached hydrogens (tertiary/aromatic N) is 2. The zero-order chi connectivity index (χ0) is 35.8. The first-order valence-electron chi connectivity index (χ1n) is 19.4. The first kappa shape index (κ1) is 38.9. The topological polar surface area (TPSA) is 136 Å². The Morgan fingerprint density at radius 3 is 2.41 bits per heavy atom. The van der Waals surface area contributed by atoms with Crippen molar-refractivity contribution in [1.29, 1.82) is 0 Å². The minimum Gasteiger partial charge on any atom is -0.394 e. The molecule has 0 aromatic heterocycles. The van der Waals surface area contributed by atoms with E-state index in [1.54, 1.807) is 19.1 Å². The Hall–Kier alpha value is -1.34. The van der Waals surface area contributed by atoms with Crippen LogP contribution in [0.5, 0.6) is 0 Å². The number of likely N-dealkylation sites (N-methyl/N-ethyl adjacent to an activating group) is 1. The van der Waals surface area contributed by atoms with Gasteiger partial charge in [-0.25, -0.2) is 0 Å². The number of fused-ring (bicyclic) bond motifs is 2. The maximum absolute atomic E-state index is 14.2. The molecule has 5 aliphatic carbocycles. The van der Waals surface area contributed by atoms with Crippen LogP contribution in [0, 0.1) is 52.8 Å². The van der Waals surface area contributed by atoms with Crippen LogP contribution >= 0.6 is 0 Å². The molecule has 1 heterocycles. The van der Waals surface area contributed by atoms with Gasteiger partial charge in [0, 0.05) is 56.1 Å². The van der Waals surface area contributed by atoms with Crippen LogP contribution in [0.1, 0.15) is 86.0 Å². The van der Waals surface area contributed by atoms with Crippen LogP contribution in [0.25, 0.3) is 0 Å². The van der Waals surface area contributed by atoms with Gasteiger partial charge in [0.2, 0.25) is 11.8 Å². The molecule has 6 unspecified atom stereocenters. The monoisotopic (exact) mass is 692 g/mol. The van der Waals surface area contributed by atoms with Gasteiger partial charge in [-0.1, -0.05) is 27.2 Å². The second-order valence-corrected chi connectivity index (χ2v) is 17.6. The number of nitrogens with one attached hydrogen (secondary N) is 3. The maximum Gasteiger partial charge on any atom is 0.240 e. The summed E-state index contributed by atoms with van der Waals surface area (Å²) in [4.78, 5) is 36.4. The maximum atomic E-state index is 14.2. The van der Waals surface area contributed by atoms with E-state index in [1.807, 2.05) is 14.0 Å². The smallest absolute Gasteiger partial charge is 0.240 e. The zero-order valence-electron chi connectivity index (χ0n) is 31.9. The summed E-state index contributed by atoms with van der Waals surface area (Å²) in [6.45, 7) is 11.7. The van der Waals surface area contributed by atoms with Crippen molar-refractivity contribution in [1.82, 2.24) is 25.9 Å². The Morgan fingerprint density at radius 1 is 1.08 bits per heavy atom. The van der Waals surface area contributed by atoms with E-state index in [2.05, 4.69) is 55.7 Å². The molecule has 282 valence electrons. The fraction of sp³-hybridized carbons (Fsp3) is 0.947. The third kappa shape index (κ3) is 8.03. The number of rotatable bonds is 13. The fourth-order valence-corrected chi connectivity index (χ4v) is 11.1. The number of amides is 2. The standard InChI is InChI=1S/C38H69N5O6/c1-21(18-39-6)40-36(46)26-13-25(14-28(15-26)42(7)8)29-12-10-11-24(35(29)48-9)19-43-34(33(23(3)45)32(20-44)49-43)37(47)41-31-17-27-16-30(22(31)2)38(27,4)5/h21-35,39,44-45H,10-20H2,1-9H3,(H,40,46)(H,41,47)/t21-,22+,23+,24?,25?,26?,27-,28?,29?,30+,31+,32+,33-,34+,35?/m1/s1. The molecule has 2 bridgehead atoms. The van der Waals surface area contributed by atoms with Gasteiger partial charge in [-0.2, -0.15) is 5.06 Å². The number of aliphatic hydroxyl groups excluding tert-OH is 2. The van der Waals surface area contributed by atoms with E-state index in [-0.39, 0.29) is 54.4 Å². The van der Waals surface area contributed by atoms with Crippen molar-refractivity contribution in [3.8, 4) is 0 Å². The highest BCUT2D eigenvalue weighted by atomic mass is 16.7. The molecule has 6 rings (SSSR count). The molecule has 5 saturated carbocycles. The van der Waals surface area contributed by atoms with E-state index in [1.165, 1.54) is 6.42 Å². The summed E-state index contributed by atoms with van der Waals surface area (Å²) < 4.78 is 6.36. The highest BCUT2D eigenvalue weighted by Crippen LogP contribution is 2.61. The minimum absolute atomic E-state index is 0.0470. The van der Waals surface area contributed by atoms with Crippen LogP contribution in [0.15, 0.2) is 0 Å². The number of carbonyl (C=O) groups is 2. The van der Waals surface area contributed by atoms with Crippen molar-refractivity contribution in [3.63, 3.8) is 0 Å². The molecule has 0 radical (unpaired) electrons. The van der Waals surface area contributed by atoms with E-state index in [9.17, 15) is 19.8 Å². The Bertz CT molecular complexity index is 1120. The number of ether oxygens (including phenoxy) is 1. The van der Waals surface area contributed by atoms with Gasteiger partial charge < -0.3 is 35.8 Å². The van der Waals surface area contributed by atoms with Crippen LogP contribution < -0.4 is 16.0 Å². The lowest BCUT2D eigenvalue weighted by atomic mass is 9.45. The summed E-state index contributed by atoms with van der Waals surface area (Å²) in [6.07, 6.45) is 6.45. The number of hydroxylamine groups is 2. The van der Waals surface area contributed by atoms with E-state index in [0.29, 0.717) is 41.7 Å². The van der Waals surface area contributed by atoms with Gasteiger partial charge >= 0.3 is 0 Å². The second kappa shape index (κ2) is 16.1. The third-order valence-corrected chi connectivity index (χ3v) is 14.1. The average Bonchev–Trinajstić information content (AvgIpc) is 3.43. The molecule has 6 aliphatic rings. The van der Waals surface area contributed by atoms with Crippen LogP contribution in [0.3, 0.4) is 0 Å². The van der Waals surface area contributed by atoms with Crippen molar-refractivity contribution in [3.05, 3.63) is 0 Å². The fourth-order valence-electron chi connectivity index (χ4n) is 11.1. The molecule has 5 N–H and O–H groups in total. The van der Waals surface area contributed by atoms with Gasteiger partial charge in [-0.05, 0) is 115 Å². The van der Waals surface area contributed by atoms with E-state index < -0.39 is 24.2 Å². The number of methoxy groups -OCH3 is 1. The zero-order valence-corrected chi connectivity index (χ0v) is 31.9. The molecule has 2 amide bonds. The summed E-state index contributed by atoms with van der Waals surface area (Å²) in [7, 11) is 7.94. The summed E-state index contributed by atoms with van der Waals surface area (Å²) in [5, 5.41) is 32.9. The van der Waals surface area contributed by atoms with Crippen LogP contribution in [0.4, 0.5) is 0 Å². The lowest BCUT2D eigenvalue weighted by molar-refractivity contribution is -0.193. The normalized spacial score (nSPS) is 41.9. The van der Waals surface area contributed by atoms with E-state index >= 15 is 0 Å². The largest absolute Gasteiger partial charge is 0.394 e. The third-order valence-electron chi connectivity index (χ3n) is 14.1. The Kier molecular flexibility index (Phi) is 12.8. The summed E-state index contributed by atoms with van der Waals surface area (Å²) in [6, 6.07) is -0.215. The first-order chi connectivity index (χ1) is 23.2. The van der Waals surface area contributed by atoms with Crippen molar-refractivity contribution >= 4 is 11.8 Å². The van der Waals surface area contributed by atoms with Gasteiger partial charge in [0.15, 0.2) is 0 Å². The van der Waals surface area contributed by atoms with E-state index in [4.69, 9.17) is 9.57 Å². The molecule has 11 nitrogen and oxygen atoms in total. The molecular formula is C38H69N5O6. The molecule has 15 atom stereocenters. The highest BCUT2D eigenvalue weighted by Gasteiger charge is 2.58. The van der Waals surface area contributed by atoms with Crippen molar-refractivity contribution in [2.45, 2.75) is 128 Å². The van der Waals surface area contributed by atoms with Crippen LogP contribution in [-0.4, -0.2) is 122 Å². The molecule has 0 aromatic carbocycles. The molecule has 49 heavy (non-hydrogen) atoms. The molecular weight excluding hydrogens is 622 g/mol. The van der Waals surface area contributed by atoms with Crippen molar-refractivity contribution in [2.24, 2.45) is 52.8 Å². The highest BCUT2D eigenvalue weighted by molar-refractivity contribution is 5.83. The average molecular weight is 692 g/mol. The number of carbonyl (C=O) groups excluding carboxylic acids is 2. The Labute approximate surface area is 295 Å². The lowest BCUT2D eigenvalue weighted by Gasteiger charge is -2.62. The quantitative estimate of drug-likeness (QED) is 0.198. The molecule has 0 spiro atoms. The molecule has 11 heteroatoms. The van der Waals surface area contributed by atoms with Crippen molar-refractivity contribution < 1.29 is 29.4 Å². The lowest BCUT2D eigenvalue weighted by Crippen LogP contribution is -2.62. The summed E-state index contributed by atoms with van der Waals surface area (Å²) in [5.74, 6) is 1.77. The minimum atomic E-state index is -0.824. The van der Waals surface area contributed by atoms with E-state index in [0.717, 1.165) is 51.5 Å². The SMILES string of the molecule is CNC[C@@H](C)NC(=O)C1CC(C2CCCC(CN3O[C@@H](CO)[C@@H]([C@H](C)O)[C@H]3C(=O)N[C@H]3C[C@H]4C[C@@H]([C@@H]3C)C4(C)C)C2OC)CC(N(C)C)C1. The predicted molar refractivity (Wildman–Crippen MR) is 190 cm³/mol. The number of hydrogen-bond donors (Lipinski definition) is 5.